The molecule has 1 unspecified atom stereocenters. The minimum Gasteiger partial charge on any atom is -0.391 e. The number of aliphatic hydroxyl groups is 1. The number of carbonyl (C=O) groups excluding carboxylic acids is 1. The van der Waals surface area contributed by atoms with Crippen molar-refractivity contribution in [3.63, 3.8) is 0 Å². The minimum absolute atomic E-state index is 0.139. The predicted octanol–water partition coefficient (Wildman–Crippen LogP) is 1.42. The van der Waals surface area contributed by atoms with E-state index in [1.807, 2.05) is 12.1 Å². The molecular weight excluding hydrogens is 264 g/mol. The van der Waals surface area contributed by atoms with Gasteiger partial charge in [0, 0.05) is 19.2 Å². The molecule has 2 N–H and O–H groups in total. The highest BCUT2D eigenvalue weighted by Gasteiger charge is 2.08. The van der Waals surface area contributed by atoms with Crippen molar-refractivity contribution in [2.75, 3.05) is 20.3 Å². The normalized spacial score (nSPS) is 12.5. The number of hydrogen-bond acceptors (Lipinski definition) is 5. The highest BCUT2D eigenvalue weighted by molar-refractivity contribution is 7.16. The zero-order chi connectivity index (χ0) is 13.7. The van der Waals surface area contributed by atoms with Gasteiger partial charge in [-0.25, -0.2) is 4.98 Å². The van der Waals surface area contributed by atoms with E-state index in [1.165, 1.54) is 18.4 Å². The van der Waals surface area contributed by atoms with Crippen LogP contribution < -0.4 is 5.32 Å². The van der Waals surface area contributed by atoms with Crippen LogP contribution in [0, 0.1) is 0 Å². The van der Waals surface area contributed by atoms with Crippen molar-refractivity contribution in [3.05, 3.63) is 29.3 Å². The second kappa shape index (κ2) is 6.60. The van der Waals surface area contributed by atoms with Gasteiger partial charge in [-0.1, -0.05) is 0 Å². The number of hydrogen-bond donors (Lipinski definition) is 2. The van der Waals surface area contributed by atoms with E-state index in [2.05, 4.69) is 10.3 Å². The molecule has 1 atom stereocenters. The van der Waals surface area contributed by atoms with Crippen molar-refractivity contribution in [3.8, 4) is 0 Å². The molecule has 6 heteroatoms. The zero-order valence-electron chi connectivity index (χ0n) is 10.6. The molecule has 1 aromatic heterocycles. The van der Waals surface area contributed by atoms with Gasteiger partial charge in [-0.05, 0) is 24.6 Å². The predicted molar refractivity (Wildman–Crippen MR) is 74.5 cm³/mol. The monoisotopic (exact) mass is 280 g/mol. The number of aromatic nitrogens is 1. The van der Waals surface area contributed by atoms with Crippen LogP contribution in [0.15, 0.2) is 23.7 Å². The maximum absolute atomic E-state index is 11.9. The second-order valence-corrected chi connectivity index (χ2v) is 5.07. The van der Waals surface area contributed by atoms with Gasteiger partial charge in [0.15, 0.2) is 0 Å². The number of rotatable bonds is 6. The van der Waals surface area contributed by atoms with Crippen molar-refractivity contribution in [1.29, 1.82) is 0 Å². The van der Waals surface area contributed by atoms with Crippen molar-refractivity contribution in [1.82, 2.24) is 10.3 Å². The summed E-state index contributed by atoms with van der Waals surface area (Å²) in [6.07, 6.45) is -0.0724. The van der Waals surface area contributed by atoms with E-state index >= 15 is 0 Å². The van der Waals surface area contributed by atoms with Gasteiger partial charge in [0.1, 0.15) is 0 Å². The Hall–Kier alpha value is -1.50. The number of benzene rings is 1. The number of ether oxygens (including phenoxy) is 1. The first-order valence-corrected chi connectivity index (χ1v) is 6.87. The molecule has 19 heavy (non-hydrogen) atoms. The third-order valence-corrected chi connectivity index (χ3v) is 3.51. The number of nitrogens with zero attached hydrogens (tertiary/aromatic N) is 1. The summed E-state index contributed by atoms with van der Waals surface area (Å²) < 4.78 is 5.81. The van der Waals surface area contributed by atoms with Crippen LogP contribution in [0.5, 0.6) is 0 Å². The standard InChI is InChI=1S/C13H16N2O3S/c1-18-7-10(16)4-5-14-13(17)9-2-3-11-12(6-9)19-8-15-11/h2-3,6,8,10,16H,4-5,7H2,1H3,(H,14,17). The van der Waals surface area contributed by atoms with E-state index in [-0.39, 0.29) is 12.5 Å². The van der Waals surface area contributed by atoms with Gasteiger partial charge < -0.3 is 15.2 Å². The van der Waals surface area contributed by atoms with Crippen molar-refractivity contribution in [2.24, 2.45) is 0 Å². The van der Waals surface area contributed by atoms with Gasteiger partial charge in [0.2, 0.25) is 0 Å². The SMILES string of the molecule is COCC(O)CCNC(=O)c1ccc2ncsc2c1. The summed E-state index contributed by atoms with van der Waals surface area (Å²) in [7, 11) is 1.53. The molecule has 0 aliphatic rings. The fourth-order valence-electron chi connectivity index (χ4n) is 1.73. The lowest BCUT2D eigenvalue weighted by Gasteiger charge is -2.10. The Morgan fingerprint density at radius 2 is 2.42 bits per heavy atom. The Bertz CT molecular complexity index is 556. The van der Waals surface area contributed by atoms with Gasteiger partial charge in [-0.2, -0.15) is 0 Å². The molecule has 1 aromatic carbocycles. The number of aliphatic hydroxyl groups excluding tert-OH is 1. The van der Waals surface area contributed by atoms with Crippen LogP contribution in [-0.4, -0.2) is 42.4 Å². The van der Waals surface area contributed by atoms with Crippen LogP contribution in [-0.2, 0) is 4.74 Å². The van der Waals surface area contributed by atoms with Crippen LogP contribution in [0.2, 0.25) is 0 Å². The summed E-state index contributed by atoms with van der Waals surface area (Å²) in [5.74, 6) is -0.139. The summed E-state index contributed by atoms with van der Waals surface area (Å²) in [5, 5.41) is 12.2. The first-order chi connectivity index (χ1) is 9.20. The second-order valence-electron chi connectivity index (χ2n) is 4.19. The van der Waals surface area contributed by atoms with Crippen LogP contribution in [0.1, 0.15) is 16.8 Å². The first kappa shape index (κ1) is 13.9. The molecule has 0 aliphatic heterocycles. The van der Waals surface area contributed by atoms with Crippen LogP contribution in [0.25, 0.3) is 10.2 Å². The molecule has 0 saturated heterocycles. The number of thiazole rings is 1. The molecule has 2 aromatic rings. The molecule has 0 aliphatic carbocycles. The largest absolute Gasteiger partial charge is 0.391 e. The van der Waals surface area contributed by atoms with Crippen molar-refractivity contribution >= 4 is 27.5 Å². The average Bonchev–Trinajstić information content (AvgIpc) is 2.86. The highest BCUT2D eigenvalue weighted by Crippen LogP contribution is 2.18. The lowest BCUT2D eigenvalue weighted by molar-refractivity contribution is 0.0587. The summed E-state index contributed by atoms with van der Waals surface area (Å²) in [6, 6.07) is 5.41. The van der Waals surface area contributed by atoms with Gasteiger partial charge in [0.25, 0.3) is 5.91 Å². The number of carbonyl (C=O) groups is 1. The van der Waals surface area contributed by atoms with Gasteiger partial charge >= 0.3 is 0 Å². The molecule has 0 saturated carbocycles. The molecule has 102 valence electrons. The summed E-state index contributed by atoms with van der Waals surface area (Å²) >= 11 is 1.51. The molecule has 5 nitrogen and oxygen atoms in total. The molecular formula is C13H16N2O3S. The van der Waals surface area contributed by atoms with E-state index in [0.717, 1.165) is 10.2 Å². The van der Waals surface area contributed by atoms with Crippen molar-refractivity contribution in [2.45, 2.75) is 12.5 Å². The quantitative estimate of drug-likeness (QED) is 0.839. The summed E-state index contributed by atoms with van der Waals surface area (Å²) in [6.45, 7) is 0.701. The Labute approximate surface area is 115 Å². The Morgan fingerprint density at radius 3 is 3.21 bits per heavy atom. The molecule has 0 bridgehead atoms. The fourth-order valence-corrected chi connectivity index (χ4v) is 2.44. The van der Waals surface area contributed by atoms with Crippen LogP contribution in [0.4, 0.5) is 0 Å². The third-order valence-electron chi connectivity index (χ3n) is 2.72. The number of amides is 1. The van der Waals surface area contributed by atoms with E-state index in [0.29, 0.717) is 18.5 Å². The number of methoxy groups -OCH3 is 1. The maximum Gasteiger partial charge on any atom is 0.251 e. The topological polar surface area (TPSA) is 71.5 Å². The lowest BCUT2D eigenvalue weighted by Crippen LogP contribution is -2.28. The number of nitrogens with one attached hydrogen (secondary N) is 1. The van der Waals surface area contributed by atoms with Crippen LogP contribution >= 0.6 is 11.3 Å². The van der Waals surface area contributed by atoms with E-state index < -0.39 is 6.10 Å². The number of fused-ring (bicyclic) bond motifs is 1. The van der Waals surface area contributed by atoms with Crippen LogP contribution in [0.3, 0.4) is 0 Å². The van der Waals surface area contributed by atoms with E-state index in [9.17, 15) is 9.90 Å². The molecule has 1 amide bonds. The van der Waals surface area contributed by atoms with E-state index in [4.69, 9.17) is 4.74 Å². The molecule has 1 heterocycles. The van der Waals surface area contributed by atoms with Crippen molar-refractivity contribution < 1.29 is 14.6 Å². The fraction of sp³-hybridized carbons (Fsp3) is 0.385. The zero-order valence-corrected chi connectivity index (χ0v) is 11.4. The summed E-state index contributed by atoms with van der Waals surface area (Å²) in [5.41, 5.74) is 3.27. The molecule has 0 fully saturated rings. The van der Waals surface area contributed by atoms with E-state index in [1.54, 1.807) is 11.6 Å². The van der Waals surface area contributed by atoms with Gasteiger partial charge in [0.05, 0.1) is 28.4 Å². The average molecular weight is 280 g/mol. The Balaban J connectivity index is 1.89. The van der Waals surface area contributed by atoms with Gasteiger partial charge in [-0.3, -0.25) is 4.79 Å². The lowest BCUT2D eigenvalue weighted by atomic mass is 10.2. The molecule has 0 radical (unpaired) electrons. The smallest absolute Gasteiger partial charge is 0.251 e. The van der Waals surface area contributed by atoms with Gasteiger partial charge in [-0.15, -0.1) is 11.3 Å². The maximum atomic E-state index is 11.9. The third kappa shape index (κ3) is 3.73. The molecule has 0 spiro atoms. The summed E-state index contributed by atoms with van der Waals surface area (Å²) in [4.78, 5) is 16.1. The first-order valence-electron chi connectivity index (χ1n) is 5.99. The minimum atomic E-state index is -0.547. The Morgan fingerprint density at radius 1 is 1.58 bits per heavy atom. The highest BCUT2D eigenvalue weighted by atomic mass is 32.1. The Kier molecular flexibility index (Phi) is 4.84. The molecule has 2 rings (SSSR count).